The van der Waals surface area contributed by atoms with Gasteiger partial charge < -0.3 is 9.64 Å². The van der Waals surface area contributed by atoms with Crippen molar-refractivity contribution in [3.8, 4) is 0 Å². The van der Waals surface area contributed by atoms with E-state index in [1.54, 1.807) is 12.4 Å². The highest BCUT2D eigenvalue weighted by Gasteiger charge is 2.25. The number of hydrogen-bond acceptors (Lipinski definition) is 7. The quantitative estimate of drug-likeness (QED) is 0.799. The van der Waals surface area contributed by atoms with Crippen LogP contribution in [0.4, 0.5) is 5.95 Å². The summed E-state index contributed by atoms with van der Waals surface area (Å²) in [5.41, 5.74) is 0. The monoisotopic (exact) mass is 343 g/mol. The summed E-state index contributed by atoms with van der Waals surface area (Å²) >= 11 is 0. The van der Waals surface area contributed by atoms with Gasteiger partial charge in [0.25, 0.3) is 0 Å². The maximum Gasteiger partial charge on any atom is 0.225 e. The Morgan fingerprint density at radius 1 is 1.16 bits per heavy atom. The van der Waals surface area contributed by atoms with E-state index in [0.717, 1.165) is 76.5 Å². The Morgan fingerprint density at radius 3 is 2.64 bits per heavy atom. The third-order valence-corrected chi connectivity index (χ3v) is 4.93. The molecule has 2 aliphatic heterocycles. The van der Waals surface area contributed by atoms with Crippen molar-refractivity contribution in [2.75, 3.05) is 44.3 Å². The topological polar surface area (TPSA) is 72.2 Å². The second kappa shape index (κ2) is 7.45. The summed E-state index contributed by atoms with van der Waals surface area (Å²) in [6, 6.07) is 1.85. The molecule has 0 bridgehead atoms. The van der Waals surface area contributed by atoms with Gasteiger partial charge in [0.2, 0.25) is 5.95 Å². The molecule has 0 aromatic carbocycles. The fraction of sp³-hybridized carbons (Fsp3) is 0.647. The summed E-state index contributed by atoms with van der Waals surface area (Å²) in [5.74, 6) is 3.19. The molecule has 134 valence electrons. The van der Waals surface area contributed by atoms with Gasteiger partial charge in [0.1, 0.15) is 5.82 Å². The standard InChI is InChI=1S/C17H25N7O/c1-2-24-15(20-16(21-24)14-4-11-25-13-14)12-22-7-9-23(10-8-22)17-18-5-3-6-19-17/h3,5-6,14H,2,4,7-13H2,1H3/t14-/m1/s1. The Labute approximate surface area is 147 Å². The van der Waals surface area contributed by atoms with Crippen LogP contribution >= 0.6 is 0 Å². The second-order valence-electron chi connectivity index (χ2n) is 6.57. The normalized spacial score (nSPS) is 21.8. The van der Waals surface area contributed by atoms with Crippen molar-refractivity contribution < 1.29 is 4.74 Å². The molecule has 0 unspecified atom stereocenters. The molecule has 2 fully saturated rings. The molecule has 0 amide bonds. The lowest BCUT2D eigenvalue weighted by molar-refractivity contribution is 0.193. The van der Waals surface area contributed by atoms with Crippen molar-refractivity contribution >= 4 is 5.95 Å². The number of aryl methyl sites for hydroxylation is 1. The molecular weight excluding hydrogens is 318 g/mol. The number of ether oxygens (including phenoxy) is 1. The maximum atomic E-state index is 5.48. The van der Waals surface area contributed by atoms with E-state index in [9.17, 15) is 0 Å². The Hall–Kier alpha value is -2.06. The van der Waals surface area contributed by atoms with Crippen LogP contribution in [0.5, 0.6) is 0 Å². The molecule has 8 nitrogen and oxygen atoms in total. The van der Waals surface area contributed by atoms with Crippen molar-refractivity contribution in [3.63, 3.8) is 0 Å². The molecule has 4 rings (SSSR count). The van der Waals surface area contributed by atoms with E-state index in [2.05, 4.69) is 26.7 Å². The largest absolute Gasteiger partial charge is 0.381 e. The minimum absolute atomic E-state index is 0.360. The minimum Gasteiger partial charge on any atom is -0.381 e. The van der Waals surface area contributed by atoms with Crippen LogP contribution < -0.4 is 4.90 Å². The van der Waals surface area contributed by atoms with Gasteiger partial charge in [0, 0.05) is 57.6 Å². The van der Waals surface area contributed by atoms with Gasteiger partial charge in [-0.3, -0.25) is 4.90 Å². The number of piperazine rings is 1. The van der Waals surface area contributed by atoms with Gasteiger partial charge in [-0.15, -0.1) is 0 Å². The van der Waals surface area contributed by atoms with Gasteiger partial charge in [0.15, 0.2) is 5.82 Å². The molecule has 25 heavy (non-hydrogen) atoms. The smallest absolute Gasteiger partial charge is 0.225 e. The maximum absolute atomic E-state index is 5.48. The van der Waals surface area contributed by atoms with Crippen LogP contribution in [0.1, 0.15) is 30.9 Å². The van der Waals surface area contributed by atoms with E-state index >= 15 is 0 Å². The predicted molar refractivity (Wildman–Crippen MR) is 93.4 cm³/mol. The van der Waals surface area contributed by atoms with E-state index < -0.39 is 0 Å². The SMILES string of the molecule is CCn1nc([C@@H]2CCOC2)nc1CN1CCN(c2ncccn2)CC1. The van der Waals surface area contributed by atoms with Crippen LogP contribution in [-0.4, -0.2) is 69.0 Å². The third-order valence-electron chi connectivity index (χ3n) is 4.93. The summed E-state index contributed by atoms with van der Waals surface area (Å²) in [4.78, 5) is 18.2. The number of rotatable bonds is 5. The molecule has 4 heterocycles. The summed E-state index contributed by atoms with van der Waals surface area (Å²) in [6.07, 6.45) is 4.63. The summed E-state index contributed by atoms with van der Waals surface area (Å²) < 4.78 is 7.52. The summed E-state index contributed by atoms with van der Waals surface area (Å²) in [7, 11) is 0. The van der Waals surface area contributed by atoms with E-state index in [0.29, 0.717) is 5.92 Å². The average Bonchev–Trinajstić information content (AvgIpc) is 3.32. The highest BCUT2D eigenvalue weighted by atomic mass is 16.5. The number of hydrogen-bond donors (Lipinski definition) is 0. The average molecular weight is 343 g/mol. The van der Waals surface area contributed by atoms with Gasteiger partial charge in [-0.1, -0.05) is 0 Å². The molecule has 0 N–H and O–H groups in total. The van der Waals surface area contributed by atoms with Crippen LogP contribution in [0, 0.1) is 0 Å². The fourth-order valence-electron chi connectivity index (χ4n) is 3.44. The van der Waals surface area contributed by atoms with E-state index in [1.807, 2.05) is 10.7 Å². The molecule has 8 heteroatoms. The highest BCUT2D eigenvalue weighted by Crippen LogP contribution is 2.23. The molecule has 0 saturated carbocycles. The van der Waals surface area contributed by atoms with Crippen LogP contribution in [0.2, 0.25) is 0 Å². The minimum atomic E-state index is 0.360. The lowest BCUT2D eigenvalue weighted by Gasteiger charge is -2.34. The molecule has 1 atom stereocenters. The van der Waals surface area contributed by atoms with E-state index in [4.69, 9.17) is 14.8 Å². The first-order valence-electron chi connectivity index (χ1n) is 9.09. The van der Waals surface area contributed by atoms with E-state index in [1.165, 1.54) is 0 Å². The number of anilines is 1. The highest BCUT2D eigenvalue weighted by molar-refractivity contribution is 5.29. The Kier molecular flexibility index (Phi) is 4.89. The summed E-state index contributed by atoms with van der Waals surface area (Å²) in [5, 5.41) is 4.71. The van der Waals surface area contributed by atoms with Crippen LogP contribution in [0.15, 0.2) is 18.5 Å². The van der Waals surface area contributed by atoms with Gasteiger partial charge in [0.05, 0.1) is 13.2 Å². The Bertz CT molecular complexity index is 676. The molecular formula is C17H25N7O. The molecule has 2 aromatic rings. The Balaban J connectivity index is 1.38. The van der Waals surface area contributed by atoms with Crippen molar-refractivity contribution in [1.29, 1.82) is 0 Å². The first-order valence-corrected chi connectivity index (χ1v) is 9.09. The molecule has 0 radical (unpaired) electrons. The van der Waals surface area contributed by atoms with E-state index in [-0.39, 0.29) is 0 Å². The Morgan fingerprint density at radius 2 is 1.96 bits per heavy atom. The van der Waals surface area contributed by atoms with Crippen LogP contribution in [0.25, 0.3) is 0 Å². The van der Waals surface area contributed by atoms with Crippen molar-refractivity contribution in [2.45, 2.75) is 32.4 Å². The third kappa shape index (κ3) is 3.64. The predicted octanol–water partition coefficient (Wildman–Crippen LogP) is 0.914. The summed E-state index contributed by atoms with van der Waals surface area (Å²) in [6.45, 7) is 9.24. The lowest BCUT2D eigenvalue weighted by atomic mass is 10.1. The van der Waals surface area contributed by atoms with Crippen molar-refractivity contribution in [2.24, 2.45) is 0 Å². The first-order chi connectivity index (χ1) is 12.3. The number of aromatic nitrogens is 5. The van der Waals surface area contributed by atoms with Crippen LogP contribution in [0.3, 0.4) is 0 Å². The number of nitrogens with zero attached hydrogens (tertiary/aromatic N) is 7. The zero-order valence-electron chi connectivity index (χ0n) is 14.7. The van der Waals surface area contributed by atoms with Gasteiger partial charge in [-0.2, -0.15) is 5.10 Å². The first kappa shape index (κ1) is 16.4. The van der Waals surface area contributed by atoms with Gasteiger partial charge >= 0.3 is 0 Å². The molecule has 2 aromatic heterocycles. The molecule has 0 aliphatic carbocycles. The zero-order valence-corrected chi connectivity index (χ0v) is 14.7. The molecule has 2 aliphatic rings. The fourth-order valence-corrected chi connectivity index (χ4v) is 3.44. The van der Waals surface area contributed by atoms with Crippen molar-refractivity contribution in [1.82, 2.24) is 29.6 Å². The van der Waals surface area contributed by atoms with Gasteiger partial charge in [-0.25, -0.2) is 19.6 Å². The lowest BCUT2D eigenvalue weighted by Crippen LogP contribution is -2.46. The van der Waals surface area contributed by atoms with Gasteiger partial charge in [-0.05, 0) is 19.4 Å². The second-order valence-corrected chi connectivity index (χ2v) is 6.57. The zero-order chi connectivity index (χ0) is 17.1. The molecule has 0 spiro atoms. The molecule has 2 saturated heterocycles. The van der Waals surface area contributed by atoms with Crippen molar-refractivity contribution in [3.05, 3.63) is 30.1 Å². The van der Waals surface area contributed by atoms with Crippen LogP contribution in [-0.2, 0) is 17.8 Å².